The highest BCUT2D eigenvalue weighted by atomic mass is 19.4. The number of hydrogen-bond acceptors (Lipinski definition) is 4. The third-order valence-corrected chi connectivity index (χ3v) is 2.70. The molecule has 0 heterocycles. The molecule has 0 aliphatic carbocycles. The minimum absolute atomic E-state index is 0.00139. The topological polar surface area (TPSA) is 67.6 Å². The van der Waals surface area contributed by atoms with Crippen molar-refractivity contribution in [3.8, 4) is 5.75 Å². The Bertz CT molecular complexity index is 492. The van der Waals surface area contributed by atoms with Crippen LogP contribution < -0.4 is 15.8 Å². The molecule has 0 aliphatic rings. The quantitative estimate of drug-likeness (QED) is 0.790. The lowest BCUT2D eigenvalue weighted by Crippen LogP contribution is -2.33. The van der Waals surface area contributed by atoms with E-state index in [1.807, 2.05) is 0 Å². The number of nitrogens with two attached hydrogens (primary N) is 1. The molecule has 0 aliphatic heterocycles. The molecule has 5 nitrogen and oxygen atoms in total. The zero-order valence-electron chi connectivity index (χ0n) is 11.8. The Morgan fingerprint density at radius 2 is 2.10 bits per heavy atom. The summed E-state index contributed by atoms with van der Waals surface area (Å²) in [6.45, 7) is -1.05. The number of anilines is 2. The lowest BCUT2D eigenvalue weighted by Gasteiger charge is -2.18. The molecule has 8 heteroatoms. The maximum absolute atomic E-state index is 12.1. The summed E-state index contributed by atoms with van der Waals surface area (Å²) in [4.78, 5) is 12.7. The largest absolute Gasteiger partial charge is 0.497 e. The second-order valence-corrected chi connectivity index (χ2v) is 4.60. The highest BCUT2D eigenvalue weighted by Crippen LogP contribution is 2.24. The maximum Gasteiger partial charge on any atom is 0.401 e. The van der Waals surface area contributed by atoms with Gasteiger partial charge in [-0.15, -0.1) is 0 Å². The molecule has 1 rings (SSSR count). The molecule has 1 amide bonds. The van der Waals surface area contributed by atoms with Crippen LogP contribution in [-0.4, -0.2) is 44.2 Å². The van der Waals surface area contributed by atoms with E-state index >= 15 is 0 Å². The van der Waals surface area contributed by atoms with Crippen molar-refractivity contribution in [2.75, 3.05) is 38.3 Å². The van der Waals surface area contributed by atoms with E-state index in [0.29, 0.717) is 17.1 Å². The average Bonchev–Trinajstić information content (AvgIpc) is 2.37. The van der Waals surface area contributed by atoms with Crippen molar-refractivity contribution < 1.29 is 22.7 Å². The first-order valence-corrected chi connectivity index (χ1v) is 6.20. The molecule has 21 heavy (non-hydrogen) atoms. The predicted octanol–water partition coefficient (Wildman–Crippen LogP) is 2.10. The summed E-state index contributed by atoms with van der Waals surface area (Å²) >= 11 is 0. The van der Waals surface area contributed by atoms with E-state index in [4.69, 9.17) is 10.5 Å². The van der Waals surface area contributed by atoms with Crippen LogP contribution >= 0.6 is 0 Å². The van der Waals surface area contributed by atoms with Crippen LogP contribution in [0.25, 0.3) is 0 Å². The van der Waals surface area contributed by atoms with E-state index in [0.717, 1.165) is 4.90 Å². The molecule has 1 aromatic rings. The second kappa shape index (κ2) is 7.16. The van der Waals surface area contributed by atoms with Gasteiger partial charge in [0.15, 0.2) is 0 Å². The van der Waals surface area contributed by atoms with Gasteiger partial charge in [-0.1, -0.05) is 0 Å². The third-order valence-electron chi connectivity index (χ3n) is 2.70. The number of carbonyl (C=O) groups excluding carboxylic acids is 1. The minimum Gasteiger partial charge on any atom is -0.497 e. The zero-order valence-corrected chi connectivity index (χ0v) is 11.8. The number of alkyl halides is 3. The molecule has 0 radical (unpaired) electrons. The van der Waals surface area contributed by atoms with Crippen LogP contribution in [0.15, 0.2) is 18.2 Å². The number of nitrogens with zero attached hydrogens (tertiary/aromatic N) is 1. The van der Waals surface area contributed by atoms with Gasteiger partial charge in [0.05, 0.1) is 25.0 Å². The van der Waals surface area contributed by atoms with Gasteiger partial charge in [0.25, 0.3) is 0 Å². The van der Waals surface area contributed by atoms with Crippen molar-refractivity contribution in [2.45, 2.75) is 12.6 Å². The van der Waals surface area contributed by atoms with Gasteiger partial charge in [-0.05, 0) is 19.2 Å². The summed E-state index contributed by atoms with van der Waals surface area (Å²) in [5, 5.41) is 2.55. The minimum atomic E-state index is -4.27. The predicted molar refractivity (Wildman–Crippen MR) is 74.2 cm³/mol. The molecule has 0 bridgehead atoms. The van der Waals surface area contributed by atoms with Gasteiger partial charge in [-0.2, -0.15) is 13.2 Å². The van der Waals surface area contributed by atoms with Crippen LogP contribution in [0.1, 0.15) is 6.42 Å². The normalized spacial score (nSPS) is 11.5. The summed E-state index contributed by atoms with van der Waals surface area (Å²) in [7, 11) is 2.80. The van der Waals surface area contributed by atoms with Gasteiger partial charge in [-0.25, -0.2) is 0 Å². The molecule has 0 unspecified atom stereocenters. The van der Waals surface area contributed by atoms with E-state index in [1.54, 1.807) is 18.2 Å². The standard InChI is InChI=1S/C13H18F3N3O2/c1-19(8-13(14,15)16)6-5-12(20)18-11-4-3-9(21-2)7-10(11)17/h3-4,7H,5-6,8,17H2,1-2H3,(H,18,20). The van der Waals surface area contributed by atoms with Crippen LogP contribution in [0.4, 0.5) is 24.5 Å². The molecule has 0 aromatic heterocycles. The molecule has 0 atom stereocenters. The maximum atomic E-state index is 12.1. The summed E-state index contributed by atoms with van der Waals surface area (Å²) in [6, 6.07) is 4.75. The van der Waals surface area contributed by atoms with E-state index in [9.17, 15) is 18.0 Å². The van der Waals surface area contributed by atoms with Crippen molar-refractivity contribution in [3.63, 3.8) is 0 Å². The van der Waals surface area contributed by atoms with Crippen LogP contribution in [0.5, 0.6) is 5.75 Å². The van der Waals surface area contributed by atoms with E-state index in [-0.39, 0.29) is 13.0 Å². The number of amides is 1. The Balaban J connectivity index is 2.47. The Hall–Kier alpha value is -1.96. The van der Waals surface area contributed by atoms with E-state index in [2.05, 4.69) is 5.32 Å². The first kappa shape index (κ1) is 17.1. The first-order valence-electron chi connectivity index (χ1n) is 6.20. The number of nitrogens with one attached hydrogen (secondary N) is 1. The van der Waals surface area contributed by atoms with E-state index in [1.165, 1.54) is 14.2 Å². The molecule has 0 saturated heterocycles. The number of ether oxygens (including phenoxy) is 1. The molecular weight excluding hydrogens is 287 g/mol. The van der Waals surface area contributed by atoms with Crippen LogP contribution in [-0.2, 0) is 4.79 Å². The second-order valence-electron chi connectivity index (χ2n) is 4.60. The van der Waals surface area contributed by atoms with Crippen molar-refractivity contribution >= 4 is 17.3 Å². The van der Waals surface area contributed by atoms with Crippen molar-refractivity contribution in [1.29, 1.82) is 0 Å². The Labute approximate surface area is 120 Å². The van der Waals surface area contributed by atoms with Gasteiger partial charge < -0.3 is 15.8 Å². The van der Waals surface area contributed by atoms with Gasteiger partial charge in [-0.3, -0.25) is 9.69 Å². The monoisotopic (exact) mass is 305 g/mol. The average molecular weight is 305 g/mol. The molecular formula is C13H18F3N3O2. The fraction of sp³-hybridized carbons (Fsp3) is 0.462. The fourth-order valence-electron chi connectivity index (χ4n) is 1.67. The Morgan fingerprint density at radius 1 is 1.43 bits per heavy atom. The number of nitrogen functional groups attached to an aromatic ring is 1. The van der Waals surface area contributed by atoms with Crippen LogP contribution in [0.2, 0.25) is 0 Å². The molecule has 0 fully saturated rings. The summed E-state index contributed by atoms with van der Waals surface area (Å²) in [6.07, 6.45) is -4.33. The number of carbonyl (C=O) groups is 1. The summed E-state index contributed by atoms with van der Waals surface area (Å²) in [5.41, 5.74) is 6.46. The molecule has 1 aromatic carbocycles. The zero-order chi connectivity index (χ0) is 16.0. The number of rotatable bonds is 6. The van der Waals surface area contributed by atoms with E-state index < -0.39 is 18.6 Å². The SMILES string of the molecule is COc1ccc(NC(=O)CCN(C)CC(F)(F)F)c(N)c1. The molecule has 0 saturated carbocycles. The van der Waals surface area contributed by atoms with Crippen LogP contribution in [0.3, 0.4) is 0 Å². The highest BCUT2D eigenvalue weighted by molar-refractivity contribution is 5.94. The number of halogens is 3. The first-order chi connectivity index (χ1) is 9.71. The number of hydrogen-bond donors (Lipinski definition) is 2. The van der Waals surface area contributed by atoms with Gasteiger partial charge in [0.2, 0.25) is 5.91 Å². The lowest BCUT2D eigenvalue weighted by atomic mass is 10.2. The van der Waals surface area contributed by atoms with Gasteiger partial charge in [0, 0.05) is 19.0 Å². The summed E-state index contributed by atoms with van der Waals surface area (Å²) in [5.74, 6) is 0.149. The van der Waals surface area contributed by atoms with Gasteiger partial charge >= 0.3 is 6.18 Å². The molecule has 0 spiro atoms. The smallest absolute Gasteiger partial charge is 0.401 e. The highest BCUT2D eigenvalue weighted by Gasteiger charge is 2.29. The van der Waals surface area contributed by atoms with Crippen molar-refractivity contribution in [1.82, 2.24) is 4.90 Å². The van der Waals surface area contributed by atoms with Crippen LogP contribution in [0, 0.1) is 0 Å². The molecule has 118 valence electrons. The third kappa shape index (κ3) is 6.35. The Morgan fingerprint density at radius 3 is 2.62 bits per heavy atom. The van der Waals surface area contributed by atoms with Gasteiger partial charge in [0.1, 0.15) is 5.75 Å². The summed E-state index contributed by atoms with van der Waals surface area (Å²) < 4.78 is 41.4. The lowest BCUT2D eigenvalue weighted by molar-refractivity contribution is -0.144. The Kier molecular flexibility index (Phi) is 5.83. The molecule has 3 N–H and O–H groups in total. The van der Waals surface area contributed by atoms with Crippen molar-refractivity contribution in [3.05, 3.63) is 18.2 Å². The van der Waals surface area contributed by atoms with Crippen molar-refractivity contribution in [2.24, 2.45) is 0 Å². The fourth-order valence-corrected chi connectivity index (χ4v) is 1.67. The number of benzene rings is 1. The number of methoxy groups -OCH3 is 1.